The summed E-state index contributed by atoms with van der Waals surface area (Å²) in [5.74, 6) is -2.18. The van der Waals surface area contributed by atoms with Crippen molar-refractivity contribution in [3.63, 3.8) is 0 Å². The maximum absolute atomic E-state index is 11.0. The Bertz CT molecular complexity index is 296. The normalized spacial score (nSPS) is 9.32. The van der Waals surface area contributed by atoms with E-state index in [9.17, 15) is 34.5 Å². The zero-order valence-electron chi connectivity index (χ0n) is 11.6. The second-order valence-corrected chi connectivity index (χ2v) is 3.73. The van der Waals surface area contributed by atoms with Crippen LogP contribution in [-0.4, -0.2) is 77.2 Å². The zero-order chi connectivity index (χ0) is 18.4. The Balaban J connectivity index is -0.0000000444. The average Bonchev–Trinajstić information content (AvgIpc) is 1.89. The standard InChI is InChI=1S/C2H3F3O3S.3BFH2O2.Li.H/c3-2(4,5)1-9(6,7)8;3*2-1(3)4;;/h1H2,(H,6,7,8);3*3-4H;;/q;;;;+1;-1. The maximum atomic E-state index is 11.0. The zero-order valence-corrected chi connectivity index (χ0v) is 11.4. The van der Waals surface area contributed by atoms with Gasteiger partial charge in [-0.25, -0.2) is 0 Å². The first kappa shape index (κ1) is 33.6. The van der Waals surface area contributed by atoms with Gasteiger partial charge < -0.3 is 31.6 Å². The first-order chi connectivity index (χ1) is 8.90. The molecule has 0 aromatic carbocycles. The van der Waals surface area contributed by atoms with Gasteiger partial charge in [-0.3, -0.25) is 17.5 Å². The number of rotatable bonds is 1. The van der Waals surface area contributed by atoms with E-state index in [1.54, 1.807) is 0 Å². The van der Waals surface area contributed by atoms with Crippen LogP contribution in [0.1, 0.15) is 1.43 Å². The fraction of sp³-hybridized carbons (Fsp3) is 1.00. The van der Waals surface area contributed by atoms with Crippen LogP contribution in [0, 0.1) is 0 Å². The Morgan fingerprint density at radius 3 is 0.955 bits per heavy atom. The second-order valence-electron chi connectivity index (χ2n) is 2.27. The van der Waals surface area contributed by atoms with Crippen molar-refractivity contribution in [2.24, 2.45) is 0 Å². The van der Waals surface area contributed by atoms with Crippen molar-refractivity contribution in [2.45, 2.75) is 6.18 Å². The molecule has 0 aliphatic heterocycles. The molecule has 20 heteroatoms. The summed E-state index contributed by atoms with van der Waals surface area (Å²) < 4.78 is 89.9. The van der Waals surface area contributed by atoms with Crippen molar-refractivity contribution >= 4 is 32.3 Å². The molecule has 0 aliphatic carbocycles. The Morgan fingerprint density at radius 1 is 0.818 bits per heavy atom. The summed E-state index contributed by atoms with van der Waals surface area (Å²) >= 11 is 0. The van der Waals surface area contributed by atoms with E-state index in [4.69, 9.17) is 34.7 Å². The first-order valence-electron chi connectivity index (χ1n) is 3.93. The minimum Gasteiger partial charge on any atom is -1.00 e. The van der Waals surface area contributed by atoms with Crippen LogP contribution in [0.25, 0.3) is 0 Å². The molecule has 22 heavy (non-hydrogen) atoms. The molecule has 0 saturated carbocycles. The van der Waals surface area contributed by atoms with Gasteiger partial charge in [0.25, 0.3) is 10.1 Å². The molecule has 0 bridgehead atoms. The molecular weight excluding hydrogens is 353 g/mol. The van der Waals surface area contributed by atoms with Crippen LogP contribution in [0.4, 0.5) is 26.1 Å². The van der Waals surface area contributed by atoms with E-state index in [2.05, 4.69) is 0 Å². The summed E-state index contributed by atoms with van der Waals surface area (Å²) in [6.07, 6.45) is -4.85. The molecule has 0 unspecified atom stereocenters. The van der Waals surface area contributed by atoms with Crippen molar-refractivity contribution in [3.05, 3.63) is 0 Å². The summed E-state index contributed by atoms with van der Waals surface area (Å²) in [6, 6.07) is 0. The van der Waals surface area contributed by atoms with Gasteiger partial charge in [0.2, 0.25) is 0 Å². The summed E-state index contributed by atoms with van der Waals surface area (Å²) in [5, 5.41) is 41.7. The fourth-order valence-electron chi connectivity index (χ4n) is 0.207. The Labute approximate surface area is 134 Å². The van der Waals surface area contributed by atoms with Crippen LogP contribution in [-0.2, 0) is 10.1 Å². The van der Waals surface area contributed by atoms with E-state index >= 15 is 0 Å². The van der Waals surface area contributed by atoms with Gasteiger partial charge in [0.1, 0.15) is 0 Å². The molecule has 0 saturated heterocycles. The number of alkyl halides is 3. The molecule has 9 nitrogen and oxygen atoms in total. The minimum absolute atomic E-state index is 0. The maximum Gasteiger partial charge on any atom is 1.00 e. The fourth-order valence-corrected chi connectivity index (χ4v) is 0.620. The molecule has 0 atom stereocenters. The first-order valence-corrected chi connectivity index (χ1v) is 5.54. The molecule has 7 N–H and O–H groups in total. The molecule has 130 valence electrons. The molecular formula is C2H10B3F6LiO9S. The van der Waals surface area contributed by atoms with Gasteiger partial charge in [-0.05, 0) is 0 Å². The monoisotopic (exact) mass is 364 g/mol. The van der Waals surface area contributed by atoms with Crippen molar-refractivity contribution in [1.82, 2.24) is 0 Å². The van der Waals surface area contributed by atoms with E-state index in [-0.39, 0.29) is 20.3 Å². The smallest absolute Gasteiger partial charge is 1.00 e. The summed E-state index contributed by atoms with van der Waals surface area (Å²) in [6.45, 7) is 0. The van der Waals surface area contributed by atoms with Crippen LogP contribution < -0.4 is 18.9 Å². The van der Waals surface area contributed by atoms with Crippen LogP contribution in [0.3, 0.4) is 0 Å². The van der Waals surface area contributed by atoms with Crippen molar-refractivity contribution < 1.29 is 89.5 Å². The molecule has 0 radical (unpaired) electrons. The topological polar surface area (TPSA) is 176 Å². The predicted molar refractivity (Wildman–Crippen MR) is 57.5 cm³/mol. The van der Waals surface area contributed by atoms with E-state index in [0.717, 1.165) is 0 Å². The SMILES string of the molecule is O=S(=O)(O)CC(F)(F)F.OB(O)F.OB(O)F.OB(O)F.[H-].[Li+]. The molecule has 0 rings (SSSR count). The summed E-state index contributed by atoms with van der Waals surface area (Å²) in [4.78, 5) is 0. The molecule has 0 aliphatic rings. The van der Waals surface area contributed by atoms with Crippen molar-refractivity contribution in [1.29, 1.82) is 0 Å². The number of halogens is 6. The second kappa shape index (κ2) is 17.4. The Morgan fingerprint density at radius 2 is 0.955 bits per heavy atom. The van der Waals surface area contributed by atoms with Gasteiger partial charge in [-0.1, -0.05) is 0 Å². The molecule has 0 spiro atoms. The molecule has 0 heterocycles. The third-order valence-corrected chi connectivity index (χ3v) is 1.04. The van der Waals surface area contributed by atoms with E-state index in [0.29, 0.717) is 0 Å². The van der Waals surface area contributed by atoms with Gasteiger partial charge >= 0.3 is 47.2 Å². The van der Waals surface area contributed by atoms with Crippen LogP contribution >= 0.6 is 0 Å². The van der Waals surface area contributed by atoms with Crippen LogP contribution in [0.15, 0.2) is 0 Å². The van der Waals surface area contributed by atoms with E-state index in [1.807, 2.05) is 0 Å². The number of hydrogen-bond acceptors (Lipinski definition) is 8. The molecule has 0 aromatic heterocycles. The molecule has 0 fully saturated rings. The van der Waals surface area contributed by atoms with Crippen LogP contribution in [0.5, 0.6) is 0 Å². The summed E-state index contributed by atoms with van der Waals surface area (Å²) in [5.41, 5.74) is 0. The van der Waals surface area contributed by atoms with Gasteiger partial charge in [0.05, 0.1) is 0 Å². The quantitative estimate of drug-likeness (QED) is 0.136. The van der Waals surface area contributed by atoms with Crippen molar-refractivity contribution in [3.8, 4) is 0 Å². The van der Waals surface area contributed by atoms with Gasteiger partial charge in [-0.2, -0.15) is 21.6 Å². The van der Waals surface area contributed by atoms with E-state index in [1.165, 1.54) is 0 Å². The third kappa shape index (κ3) is 199. The largest absolute Gasteiger partial charge is 1.00 e. The van der Waals surface area contributed by atoms with Gasteiger partial charge in [-0.15, -0.1) is 0 Å². The molecule has 0 amide bonds. The third-order valence-electron chi connectivity index (χ3n) is 0.346. The Kier molecular flexibility index (Phi) is 26.6. The Hall–Kier alpha value is 0.0422. The average molecular weight is 364 g/mol. The molecule has 0 aromatic rings. The van der Waals surface area contributed by atoms with Gasteiger partial charge in [0.15, 0.2) is 5.75 Å². The summed E-state index contributed by atoms with van der Waals surface area (Å²) in [7, 11) is -12.9. The minimum atomic E-state index is -4.91. The van der Waals surface area contributed by atoms with Crippen LogP contribution in [0.2, 0.25) is 0 Å². The van der Waals surface area contributed by atoms with Gasteiger partial charge in [0, 0.05) is 0 Å². The van der Waals surface area contributed by atoms with Crippen molar-refractivity contribution in [2.75, 3.05) is 5.75 Å². The number of hydrogen-bond donors (Lipinski definition) is 7. The van der Waals surface area contributed by atoms with E-state index < -0.39 is 44.2 Å². The predicted octanol–water partition coefficient (Wildman–Crippen LogP) is -5.67.